The molecule has 36 heavy (non-hydrogen) atoms. The molecular weight excluding hydrogens is 479 g/mol. The molecule has 1 aliphatic heterocycles. The first-order chi connectivity index (χ1) is 17.3. The zero-order valence-electron chi connectivity index (χ0n) is 19.3. The minimum atomic E-state index is -3.93. The lowest BCUT2D eigenvalue weighted by Crippen LogP contribution is -2.45. The van der Waals surface area contributed by atoms with Gasteiger partial charge >= 0.3 is 0 Å². The Morgan fingerprint density at radius 1 is 0.972 bits per heavy atom. The molecular formula is C27H23FN4O3S. The van der Waals surface area contributed by atoms with Crippen LogP contribution in [0.15, 0.2) is 77.8 Å². The molecule has 0 saturated heterocycles. The van der Waals surface area contributed by atoms with Crippen LogP contribution in [-0.2, 0) is 10.0 Å². The summed E-state index contributed by atoms with van der Waals surface area (Å²) in [5.74, 6) is -1.32. The van der Waals surface area contributed by atoms with Gasteiger partial charge in [-0.2, -0.15) is 0 Å². The highest BCUT2D eigenvalue weighted by Gasteiger charge is 2.38. The predicted molar refractivity (Wildman–Crippen MR) is 136 cm³/mol. The summed E-state index contributed by atoms with van der Waals surface area (Å²) in [6.45, 7) is 1.93. The maximum atomic E-state index is 14.3. The van der Waals surface area contributed by atoms with Gasteiger partial charge in [0.2, 0.25) is 10.0 Å². The van der Waals surface area contributed by atoms with Gasteiger partial charge in [-0.15, -0.1) is 0 Å². The number of hydrogen-bond donors (Lipinski definition) is 4. The normalized spacial score (nSPS) is 18.2. The molecule has 0 bridgehead atoms. The van der Waals surface area contributed by atoms with Gasteiger partial charge in [-0.25, -0.2) is 17.5 Å². The van der Waals surface area contributed by atoms with E-state index in [-0.39, 0.29) is 17.3 Å². The minimum absolute atomic E-state index is 0.0490. The van der Waals surface area contributed by atoms with Gasteiger partial charge in [0, 0.05) is 40.5 Å². The van der Waals surface area contributed by atoms with Gasteiger partial charge in [-0.1, -0.05) is 35.9 Å². The molecule has 0 spiro atoms. The maximum Gasteiger partial charge on any atom is 0.268 e. The fourth-order valence-electron chi connectivity index (χ4n) is 5.11. The van der Waals surface area contributed by atoms with E-state index in [0.717, 1.165) is 22.0 Å². The van der Waals surface area contributed by atoms with Crippen LogP contribution < -0.4 is 10.0 Å². The lowest BCUT2D eigenvalue weighted by Gasteiger charge is -2.26. The van der Waals surface area contributed by atoms with E-state index in [1.165, 1.54) is 12.1 Å². The molecule has 5 aromatic rings. The van der Waals surface area contributed by atoms with Gasteiger partial charge in [-0.3, -0.25) is 4.79 Å². The summed E-state index contributed by atoms with van der Waals surface area (Å²) in [5, 5.41) is 4.30. The van der Waals surface area contributed by atoms with E-state index in [1.807, 2.05) is 31.2 Å². The summed E-state index contributed by atoms with van der Waals surface area (Å²) in [6, 6.07) is 17.8. The molecule has 182 valence electrons. The standard InChI is InChI=1S/C27H23FN4O3S/c1-15-6-9-17(10-7-15)36(34,35)32-23-14-30-27(33)26-25(18-4-2-3-5-22(18)31-26)24(23)20-13-29-21-11-8-16(28)12-19(20)21/h2-13,23-24,29,31-32H,14H2,1H3,(H,30,33)/t23-,24+/m0/s1. The largest absolute Gasteiger partial charge is 0.361 e. The Labute approximate surface area is 206 Å². The molecule has 3 aromatic carbocycles. The monoisotopic (exact) mass is 502 g/mol. The van der Waals surface area contributed by atoms with Crippen molar-refractivity contribution in [3.05, 3.63) is 101 Å². The van der Waals surface area contributed by atoms with Crippen molar-refractivity contribution < 1.29 is 17.6 Å². The Balaban J connectivity index is 1.57. The third-order valence-electron chi connectivity index (χ3n) is 6.82. The topological polar surface area (TPSA) is 107 Å². The van der Waals surface area contributed by atoms with Crippen molar-refractivity contribution in [2.45, 2.75) is 23.8 Å². The van der Waals surface area contributed by atoms with Crippen LogP contribution in [0.4, 0.5) is 4.39 Å². The third-order valence-corrected chi connectivity index (χ3v) is 8.32. The van der Waals surface area contributed by atoms with Crippen LogP contribution in [0.5, 0.6) is 0 Å². The molecule has 9 heteroatoms. The molecule has 0 saturated carbocycles. The highest BCUT2D eigenvalue weighted by atomic mass is 32.2. The van der Waals surface area contributed by atoms with Crippen molar-refractivity contribution in [1.29, 1.82) is 0 Å². The Bertz CT molecular complexity index is 1740. The number of para-hydroxylation sites is 1. The molecule has 0 fully saturated rings. The number of aryl methyl sites for hydroxylation is 1. The SMILES string of the molecule is Cc1ccc(S(=O)(=O)N[C@H]2CNC(=O)c3[nH]c4ccccc4c3[C@@H]2c2c[nH]c3ccc(F)cc23)cc1. The maximum absolute atomic E-state index is 14.3. The second kappa shape index (κ2) is 8.32. The third kappa shape index (κ3) is 3.68. The van der Waals surface area contributed by atoms with Crippen molar-refractivity contribution in [3.63, 3.8) is 0 Å². The molecule has 0 unspecified atom stereocenters. The Morgan fingerprint density at radius 3 is 2.56 bits per heavy atom. The van der Waals surface area contributed by atoms with Gasteiger partial charge in [0.05, 0.1) is 10.9 Å². The van der Waals surface area contributed by atoms with Crippen molar-refractivity contribution in [2.75, 3.05) is 6.54 Å². The number of carbonyl (C=O) groups excluding carboxylic acids is 1. The lowest BCUT2D eigenvalue weighted by molar-refractivity contribution is 0.0950. The van der Waals surface area contributed by atoms with Gasteiger partial charge in [-0.05, 0) is 54.4 Å². The molecule has 1 amide bonds. The van der Waals surface area contributed by atoms with E-state index < -0.39 is 27.8 Å². The number of rotatable bonds is 4. The van der Waals surface area contributed by atoms with Gasteiger partial charge in [0.25, 0.3) is 5.91 Å². The molecule has 0 radical (unpaired) electrons. The van der Waals surface area contributed by atoms with E-state index in [9.17, 15) is 17.6 Å². The van der Waals surface area contributed by atoms with Crippen LogP contribution in [0.1, 0.15) is 33.1 Å². The summed E-state index contributed by atoms with van der Waals surface area (Å²) >= 11 is 0. The number of nitrogens with one attached hydrogen (secondary N) is 4. The Hall–Kier alpha value is -3.95. The number of H-pyrrole nitrogens is 2. The fourth-order valence-corrected chi connectivity index (χ4v) is 6.36. The molecule has 0 aliphatic carbocycles. The number of fused-ring (bicyclic) bond motifs is 4. The second-order valence-electron chi connectivity index (χ2n) is 9.12. The van der Waals surface area contributed by atoms with Crippen LogP contribution in [-0.4, -0.2) is 36.9 Å². The zero-order valence-corrected chi connectivity index (χ0v) is 20.1. The first kappa shape index (κ1) is 22.5. The van der Waals surface area contributed by atoms with Crippen molar-refractivity contribution in [1.82, 2.24) is 20.0 Å². The zero-order chi connectivity index (χ0) is 25.0. The minimum Gasteiger partial charge on any atom is -0.361 e. The van der Waals surface area contributed by atoms with Gasteiger partial charge in [0.1, 0.15) is 11.5 Å². The fraction of sp³-hybridized carbons (Fsp3) is 0.148. The van der Waals surface area contributed by atoms with Crippen LogP contribution in [0.2, 0.25) is 0 Å². The summed E-state index contributed by atoms with van der Waals surface area (Å²) in [7, 11) is -3.93. The van der Waals surface area contributed by atoms with Gasteiger partial charge in [0.15, 0.2) is 0 Å². The summed E-state index contributed by atoms with van der Waals surface area (Å²) in [4.78, 5) is 19.7. The molecule has 2 atom stereocenters. The first-order valence-corrected chi connectivity index (χ1v) is 13.0. The lowest BCUT2D eigenvalue weighted by atomic mass is 9.84. The number of sulfonamides is 1. The summed E-state index contributed by atoms with van der Waals surface area (Å²) in [5.41, 5.74) is 4.15. The van der Waals surface area contributed by atoms with Crippen LogP contribution >= 0.6 is 0 Å². The number of benzene rings is 3. The number of amides is 1. The smallest absolute Gasteiger partial charge is 0.268 e. The molecule has 3 heterocycles. The molecule has 2 aromatic heterocycles. The number of halogens is 1. The average Bonchev–Trinajstić information content (AvgIpc) is 3.41. The number of carbonyl (C=O) groups is 1. The van der Waals surface area contributed by atoms with Gasteiger partial charge < -0.3 is 15.3 Å². The highest BCUT2D eigenvalue weighted by molar-refractivity contribution is 7.89. The van der Waals surface area contributed by atoms with E-state index in [4.69, 9.17) is 0 Å². The van der Waals surface area contributed by atoms with Crippen molar-refractivity contribution in [2.24, 2.45) is 0 Å². The van der Waals surface area contributed by atoms with Crippen LogP contribution in [0.3, 0.4) is 0 Å². The first-order valence-electron chi connectivity index (χ1n) is 11.6. The highest BCUT2D eigenvalue weighted by Crippen LogP contribution is 2.40. The molecule has 1 aliphatic rings. The Kier molecular flexibility index (Phi) is 5.20. The summed E-state index contributed by atoms with van der Waals surface area (Å²) in [6.07, 6.45) is 1.77. The van der Waals surface area contributed by atoms with E-state index >= 15 is 0 Å². The molecule has 6 rings (SSSR count). The predicted octanol–water partition coefficient (Wildman–Crippen LogP) is 4.32. The van der Waals surface area contributed by atoms with Crippen LogP contribution in [0, 0.1) is 12.7 Å². The van der Waals surface area contributed by atoms with E-state index in [2.05, 4.69) is 20.0 Å². The van der Waals surface area contributed by atoms with Crippen molar-refractivity contribution >= 4 is 37.7 Å². The van der Waals surface area contributed by atoms with Crippen molar-refractivity contribution in [3.8, 4) is 0 Å². The van der Waals surface area contributed by atoms with E-state index in [1.54, 1.807) is 36.5 Å². The number of aromatic nitrogens is 2. The van der Waals surface area contributed by atoms with E-state index in [0.29, 0.717) is 22.2 Å². The molecule has 7 nitrogen and oxygen atoms in total. The second-order valence-corrected chi connectivity index (χ2v) is 10.8. The number of hydrogen-bond acceptors (Lipinski definition) is 3. The summed E-state index contributed by atoms with van der Waals surface area (Å²) < 4.78 is 44.1. The molecule has 4 N–H and O–H groups in total. The van der Waals surface area contributed by atoms with Crippen LogP contribution in [0.25, 0.3) is 21.8 Å². The Morgan fingerprint density at radius 2 is 1.75 bits per heavy atom. The number of aromatic amines is 2. The quantitative estimate of drug-likeness (QED) is 0.294. The average molecular weight is 503 g/mol.